The van der Waals surface area contributed by atoms with Crippen molar-refractivity contribution < 1.29 is 4.39 Å². The second-order valence-electron chi connectivity index (χ2n) is 3.04. The summed E-state index contributed by atoms with van der Waals surface area (Å²) in [6.07, 6.45) is 4.35. The first kappa shape index (κ1) is 7.99. The third-order valence-electron chi connectivity index (χ3n) is 2.16. The van der Waals surface area contributed by atoms with Crippen LogP contribution in [0.5, 0.6) is 0 Å². The minimum Gasteiger partial charge on any atom is -0.316 e. The van der Waals surface area contributed by atoms with Gasteiger partial charge in [0.2, 0.25) is 0 Å². The van der Waals surface area contributed by atoms with E-state index < -0.39 is 0 Å². The van der Waals surface area contributed by atoms with E-state index in [2.05, 4.69) is 5.32 Å². The van der Waals surface area contributed by atoms with Crippen LogP contribution < -0.4 is 5.32 Å². The summed E-state index contributed by atoms with van der Waals surface area (Å²) in [6, 6.07) is 0. The largest absolute Gasteiger partial charge is 0.316 e. The molecule has 1 aliphatic heterocycles. The van der Waals surface area contributed by atoms with Crippen molar-refractivity contribution in [1.82, 2.24) is 5.32 Å². The fourth-order valence-electron chi connectivity index (χ4n) is 1.49. The van der Waals surface area contributed by atoms with Crippen LogP contribution in [0.3, 0.4) is 0 Å². The van der Waals surface area contributed by atoms with Gasteiger partial charge in [-0.15, -0.1) is 0 Å². The average Bonchev–Trinajstić information content (AvgIpc) is 2.41. The zero-order valence-corrected chi connectivity index (χ0v) is 6.41. The molecule has 0 aromatic rings. The van der Waals surface area contributed by atoms with Gasteiger partial charge in [-0.05, 0) is 38.3 Å². The Balaban J connectivity index is 1.91. The summed E-state index contributed by atoms with van der Waals surface area (Å²) in [6.45, 7) is 2.19. The van der Waals surface area contributed by atoms with Gasteiger partial charge >= 0.3 is 0 Å². The Morgan fingerprint density at radius 2 is 2.30 bits per heavy atom. The fourth-order valence-corrected chi connectivity index (χ4v) is 1.49. The molecule has 0 aliphatic carbocycles. The van der Waals surface area contributed by atoms with Crippen molar-refractivity contribution in [2.24, 2.45) is 5.92 Å². The lowest BCUT2D eigenvalue weighted by Crippen LogP contribution is -2.08. The Morgan fingerprint density at radius 3 is 2.90 bits per heavy atom. The van der Waals surface area contributed by atoms with E-state index in [0.717, 1.165) is 25.3 Å². The molecule has 2 heteroatoms. The molecule has 0 saturated carbocycles. The molecule has 0 radical (unpaired) electrons. The van der Waals surface area contributed by atoms with Crippen LogP contribution in [0.4, 0.5) is 4.39 Å². The lowest BCUT2D eigenvalue weighted by Gasteiger charge is -2.05. The molecule has 0 bridgehead atoms. The number of rotatable bonds is 4. The quantitative estimate of drug-likeness (QED) is 0.594. The van der Waals surface area contributed by atoms with Crippen molar-refractivity contribution in [3.63, 3.8) is 0 Å². The number of unbranched alkanes of at least 4 members (excludes halogenated alkanes) is 1. The minimum atomic E-state index is -0.139. The first-order valence-electron chi connectivity index (χ1n) is 4.20. The number of hydrogen-bond donors (Lipinski definition) is 1. The monoisotopic (exact) mass is 145 g/mol. The van der Waals surface area contributed by atoms with E-state index in [1.807, 2.05) is 0 Å². The van der Waals surface area contributed by atoms with Crippen LogP contribution in [0.25, 0.3) is 0 Å². The van der Waals surface area contributed by atoms with Crippen LogP contribution in [0.15, 0.2) is 0 Å². The summed E-state index contributed by atoms with van der Waals surface area (Å²) in [5.41, 5.74) is 0. The van der Waals surface area contributed by atoms with E-state index in [4.69, 9.17) is 0 Å². The molecule has 0 aromatic heterocycles. The first-order chi connectivity index (χ1) is 4.93. The van der Waals surface area contributed by atoms with Gasteiger partial charge in [0.05, 0.1) is 6.67 Å². The van der Waals surface area contributed by atoms with Crippen LogP contribution in [-0.2, 0) is 0 Å². The maximum Gasteiger partial charge on any atom is 0.0894 e. The summed E-state index contributed by atoms with van der Waals surface area (Å²) in [4.78, 5) is 0. The zero-order valence-electron chi connectivity index (χ0n) is 6.41. The van der Waals surface area contributed by atoms with Crippen molar-refractivity contribution in [2.75, 3.05) is 19.8 Å². The SMILES string of the molecule is FCCCCC1CCNC1. The highest BCUT2D eigenvalue weighted by Gasteiger charge is 2.12. The van der Waals surface area contributed by atoms with Gasteiger partial charge in [-0.25, -0.2) is 0 Å². The van der Waals surface area contributed by atoms with E-state index >= 15 is 0 Å². The summed E-state index contributed by atoms with van der Waals surface area (Å²) in [7, 11) is 0. The molecular formula is C8H16FN. The van der Waals surface area contributed by atoms with Gasteiger partial charge in [0.1, 0.15) is 0 Å². The van der Waals surface area contributed by atoms with Crippen molar-refractivity contribution >= 4 is 0 Å². The lowest BCUT2D eigenvalue weighted by atomic mass is 10.0. The predicted octanol–water partition coefficient (Wildman–Crippen LogP) is 1.74. The molecule has 1 saturated heterocycles. The van der Waals surface area contributed by atoms with Crippen LogP contribution >= 0.6 is 0 Å². The molecule has 0 spiro atoms. The maximum atomic E-state index is 11.7. The van der Waals surface area contributed by atoms with Crippen molar-refractivity contribution in [2.45, 2.75) is 25.7 Å². The van der Waals surface area contributed by atoms with E-state index in [1.165, 1.54) is 19.4 Å². The normalized spacial score (nSPS) is 25.5. The molecule has 1 atom stereocenters. The molecule has 0 aromatic carbocycles. The van der Waals surface area contributed by atoms with Crippen LogP contribution in [0.1, 0.15) is 25.7 Å². The number of hydrogen-bond acceptors (Lipinski definition) is 1. The second kappa shape index (κ2) is 4.67. The summed E-state index contributed by atoms with van der Waals surface area (Å²) < 4.78 is 11.7. The Labute approximate surface area is 62.0 Å². The van der Waals surface area contributed by atoms with Gasteiger partial charge < -0.3 is 5.32 Å². The lowest BCUT2D eigenvalue weighted by molar-refractivity contribution is 0.426. The van der Waals surface area contributed by atoms with Crippen LogP contribution in [0, 0.1) is 5.92 Å². The Hall–Kier alpha value is -0.110. The molecular weight excluding hydrogens is 129 g/mol. The molecule has 1 rings (SSSR count). The molecule has 1 nitrogen and oxygen atoms in total. The van der Waals surface area contributed by atoms with Gasteiger partial charge in [0.25, 0.3) is 0 Å². The van der Waals surface area contributed by atoms with Crippen LogP contribution in [0.2, 0.25) is 0 Å². The van der Waals surface area contributed by atoms with Gasteiger partial charge in [-0.2, -0.15) is 0 Å². The second-order valence-corrected chi connectivity index (χ2v) is 3.04. The van der Waals surface area contributed by atoms with Gasteiger partial charge in [0.15, 0.2) is 0 Å². The Morgan fingerprint density at radius 1 is 1.40 bits per heavy atom. The highest BCUT2D eigenvalue weighted by molar-refractivity contribution is 4.70. The third-order valence-corrected chi connectivity index (χ3v) is 2.16. The average molecular weight is 145 g/mol. The van der Waals surface area contributed by atoms with Crippen molar-refractivity contribution in [3.05, 3.63) is 0 Å². The molecule has 1 unspecified atom stereocenters. The van der Waals surface area contributed by atoms with Gasteiger partial charge in [-0.3, -0.25) is 4.39 Å². The highest BCUT2D eigenvalue weighted by Crippen LogP contribution is 2.15. The summed E-state index contributed by atoms with van der Waals surface area (Å²) >= 11 is 0. The molecule has 1 aliphatic rings. The Bertz CT molecular complexity index is 79.3. The highest BCUT2D eigenvalue weighted by atomic mass is 19.1. The number of halogens is 1. The topological polar surface area (TPSA) is 12.0 Å². The third kappa shape index (κ3) is 2.65. The molecule has 0 amide bonds. The van der Waals surface area contributed by atoms with Crippen molar-refractivity contribution in [1.29, 1.82) is 0 Å². The van der Waals surface area contributed by atoms with E-state index in [9.17, 15) is 4.39 Å². The van der Waals surface area contributed by atoms with Gasteiger partial charge in [0, 0.05) is 0 Å². The summed E-state index contributed by atoms with van der Waals surface area (Å²) in [5, 5.41) is 3.31. The molecule has 60 valence electrons. The molecule has 1 N–H and O–H groups in total. The van der Waals surface area contributed by atoms with E-state index in [-0.39, 0.29) is 6.67 Å². The summed E-state index contributed by atoms with van der Waals surface area (Å²) in [5.74, 6) is 0.839. The Kier molecular flexibility index (Phi) is 3.73. The first-order valence-corrected chi connectivity index (χ1v) is 4.20. The standard InChI is InChI=1S/C8H16FN/c9-5-2-1-3-8-4-6-10-7-8/h8,10H,1-7H2. The zero-order chi connectivity index (χ0) is 7.23. The van der Waals surface area contributed by atoms with E-state index in [0.29, 0.717) is 0 Å². The maximum absolute atomic E-state index is 11.7. The van der Waals surface area contributed by atoms with Crippen LogP contribution in [-0.4, -0.2) is 19.8 Å². The molecule has 10 heavy (non-hydrogen) atoms. The minimum absolute atomic E-state index is 0.139. The van der Waals surface area contributed by atoms with E-state index in [1.54, 1.807) is 0 Å². The molecule has 1 heterocycles. The molecule has 1 fully saturated rings. The van der Waals surface area contributed by atoms with Gasteiger partial charge in [-0.1, -0.05) is 6.42 Å². The fraction of sp³-hybridized carbons (Fsp3) is 1.00. The smallest absolute Gasteiger partial charge is 0.0894 e. The number of nitrogens with one attached hydrogen (secondary N) is 1. The predicted molar refractivity (Wildman–Crippen MR) is 40.8 cm³/mol. The number of alkyl halides is 1. The van der Waals surface area contributed by atoms with Crippen molar-refractivity contribution in [3.8, 4) is 0 Å².